The molecule has 0 radical (unpaired) electrons. The van der Waals surface area contributed by atoms with Crippen molar-refractivity contribution < 1.29 is 4.79 Å². The Labute approximate surface area is 108 Å². The van der Waals surface area contributed by atoms with Gasteiger partial charge in [-0.2, -0.15) is 0 Å². The van der Waals surface area contributed by atoms with E-state index in [0.717, 1.165) is 21.4 Å². The second-order valence-electron chi connectivity index (χ2n) is 3.95. The third-order valence-corrected chi connectivity index (χ3v) is 3.23. The zero-order valence-electron chi connectivity index (χ0n) is 9.86. The van der Waals surface area contributed by atoms with Gasteiger partial charge in [-0.1, -0.05) is 11.3 Å². The minimum atomic E-state index is -0.0717. The molecule has 0 unspecified atom stereocenters. The maximum Gasteiger partial charge on any atom is 0.181 e. The summed E-state index contributed by atoms with van der Waals surface area (Å²) in [6, 6.07) is 5.96. The molecule has 2 rings (SSSR count). The second-order valence-corrected chi connectivity index (χ2v) is 4.80. The lowest BCUT2D eigenvalue weighted by Gasteiger charge is -2.07. The lowest BCUT2D eigenvalue weighted by Crippen LogP contribution is -2.02. The number of aromatic nitrogens is 3. The van der Waals surface area contributed by atoms with Gasteiger partial charge < -0.3 is 0 Å². The molecule has 0 spiro atoms. The maximum atomic E-state index is 11.3. The number of hydrogen-bond donors (Lipinski definition) is 0. The van der Waals surface area contributed by atoms with Gasteiger partial charge in [0.1, 0.15) is 0 Å². The van der Waals surface area contributed by atoms with Crippen molar-refractivity contribution in [3.05, 3.63) is 39.6 Å². The van der Waals surface area contributed by atoms with Crippen LogP contribution in [-0.2, 0) is 0 Å². The van der Waals surface area contributed by atoms with Gasteiger partial charge in [-0.05, 0) is 47.5 Å². The van der Waals surface area contributed by atoms with Crippen LogP contribution in [0.2, 0.25) is 0 Å². The number of rotatable bonds is 2. The Balaban J connectivity index is 2.61. The average Bonchev–Trinajstić information content (AvgIpc) is 2.64. The van der Waals surface area contributed by atoms with Crippen molar-refractivity contribution in [1.29, 1.82) is 0 Å². The highest BCUT2D eigenvalue weighted by Crippen LogP contribution is 2.23. The molecule has 0 fully saturated rings. The van der Waals surface area contributed by atoms with E-state index in [1.165, 1.54) is 6.92 Å². The summed E-state index contributed by atoms with van der Waals surface area (Å²) in [6.45, 7) is 5.34. The predicted molar refractivity (Wildman–Crippen MR) is 68.5 cm³/mol. The van der Waals surface area contributed by atoms with Crippen molar-refractivity contribution >= 4 is 21.7 Å². The van der Waals surface area contributed by atoms with Crippen molar-refractivity contribution in [2.75, 3.05) is 0 Å². The Bertz CT molecular complexity index is 589. The molecule has 0 N–H and O–H groups in total. The number of Topliss-reactive ketones (excluding diaryl/α,β-unsaturated/α-hetero) is 1. The van der Waals surface area contributed by atoms with E-state index < -0.39 is 0 Å². The topological polar surface area (TPSA) is 47.8 Å². The summed E-state index contributed by atoms with van der Waals surface area (Å²) in [4.78, 5) is 11.3. The first-order valence-corrected chi connectivity index (χ1v) is 5.99. The highest BCUT2D eigenvalue weighted by Gasteiger charge is 2.15. The molecule has 0 aliphatic carbocycles. The molecule has 5 heteroatoms. The number of halogens is 1. The van der Waals surface area contributed by atoms with Crippen molar-refractivity contribution in [3.8, 4) is 5.69 Å². The van der Waals surface area contributed by atoms with E-state index in [1.807, 2.05) is 32.0 Å². The summed E-state index contributed by atoms with van der Waals surface area (Å²) >= 11 is 3.47. The summed E-state index contributed by atoms with van der Waals surface area (Å²) < 4.78 is 2.60. The minimum Gasteiger partial charge on any atom is -0.293 e. The molecule has 0 saturated heterocycles. The zero-order chi connectivity index (χ0) is 12.6. The van der Waals surface area contributed by atoms with E-state index in [9.17, 15) is 4.79 Å². The van der Waals surface area contributed by atoms with Gasteiger partial charge in [0.05, 0.1) is 11.4 Å². The van der Waals surface area contributed by atoms with Crippen LogP contribution in [0.15, 0.2) is 22.7 Å². The minimum absolute atomic E-state index is 0.0717. The fraction of sp³-hybridized carbons (Fsp3) is 0.250. The van der Waals surface area contributed by atoms with Gasteiger partial charge in [-0.25, -0.2) is 4.68 Å². The Kier molecular flexibility index (Phi) is 3.11. The molecule has 0 amide bonds. The van der Waals surface area contributed by atoms with Crippen LogP contribution in [0, 0.1) is 13.8 Å². The molecule has 2 aromatic rings. The van der Waals surface area contributed by atoms with E-state index in [0.29, 0.717) is 5.69 Å². The van der Waals surface area contributed by atoms with E-state index in [1.54, 1.807) is 4.68 Å². The molecule has 17 heavy (non-hydrogen) atoms. The fourth-order valence-corrected chi connectivity index (χ4v) is 2.08. The van der Waals surface area contributed by atoms with Crippen LogP contribution < -0.4 is 0 Å². The van der Waals surface area contributed by atoms with E-state index in [4.69, 9.17) is 0 Å². The average molecular weight is 294 g/mol. The first-order chi connectivity index (χ1) is 8.00. The van der Waals surface area contributed by atoms with Gasteiger partial charge in [0.15, 0.2) is 11.5 Å². The Morgan fingerprint density at radius 2 is 2.06 bits per heavy atom. The molecule has 0 aliphatic rings. The molecule has 0 saturated carbocycles. The van der Waals surface area contributed by atoms with Crippen molar-refractivity contribution in [2.24, 2.45) is 0 Å². The summed E-state index contributed by atoms with van der Waals surface area (Å²) in [7, 11) is 0. The predicted octanol–water partition coefficient (Wildman–Crippen LogP) is 2.85. The quantitative estimate of drug-likeness (QED) is 0.800. The number of carbonyl (C=O) groups excluding carboxylic acids is 1. The smallest absolute Gasteiger partial charge is 0.181 e. The summed E-state index contributed by atoms with van der Waals surface area (Å²) in [5.41, 5.74) is 3.19. The number of aryl methyl sites for hydroxylation is 1. The monoisotopic (exact) mass is 293 g/mol. The largest absolute Gasteiger partial charge is 0.293 e. The van der Waals surface area contributed by atoms with Gasteiger partial charge in [-0.3, -0.25) is 4.79 Å². The van der Waals surface area contributed by atoms with Gasteiger partial charge >= 0.3 is 0 Å². The maximum absolute atomic E-state index is 11.3. The fourth-order valence-electron chi connectivity index (χ4n) is 1.67. The van der Waals surface area contributed by atoms with E-state index in [2.05, 4.69) is 26.2 Å². The lowest BCUT2D eigenvalue weighted by atomic mass is 10.2. The molecule has 0 aliphatic heterocycles. The van der Waals surface area contributed by atoms with Crippen LogP contribution in [0.5, 0.6) is 0 Å². The molecule has 0 atom stereocenters. The highest BCUT2D eigenvalue weighted by molar-refractivity contribution is 9.10. The van der Waals surface area contributed by atoms with Crippen LogP contribution in [-0.4, -0.2) is 20.8 Å². The Morgan fingerprint density at radius 1 is 1.35 bits per heavy atom. The molecular weight excluding hydrogens is 282 g/mol. The molecule has 1 heterocycles. The molecule has 0 bridgehead atoms. The van der Waals surface area contributed by atoms with Crippen LogP contribution >= 0.6 is 15.9 Å². The van der Waals surface area contributed by atoms with E-state index >= 15 is 0 Å². The Morgan fingerprint density at radius 3 is 2.65 bits per heavy atom. The van der Waals surface area contributed by atoms with Gasteiger partial charge in [0.2, 0.25) is 0 Å². The summed E-state index contributed by atoms with van der Waals surface area (Å²) in [6.07, 6.45) is 0. The van der Waals surface area contributed by atoms with Gasteiger partial charge in [0.25, 0.3) is 0 Å². The van der Waals surface area contributed by atoms with E-state index in [-0.39, 0.29) is 5.78 Å². The van der Waals surface area contributed by atoms with Crippen LogP contribution in [0.3, 0.4) is 0 Å². The van der Waals surface area contributed by atoms with Crippen LogP contribution in [0.1, 0.15) is 28.7 Å². The molecule has 1 aromatic carbocycles. The molecule has 1 aromatic heterocycles. The van der Waals surface area contributed by atoms with Crippen molar-refractivity contribution in [1.82, 2.24) is 15.0 Å². The molecule has 4 nitrogen and oxygen atoms in total. The first kappa shape index (κ1) is 12.0. The van der Waals surface area contributed by atoms with Gasteiger partial charge in [0, 0.05) is 11.4 Å². The second kappa shape index (κ2) is 4.41. The summed E-state index contributed by atoms with van der Waals surface area (Å²) in [5, 5.41) is 7.93. The van der Waals surface area contributed by atoms with Gasteiger partial charge in [-0.15, -0.1) is 5.10 Å². The first-order valence-electron chi connectivity index (χ1n) is 5.20. The Hall–Kier alpha value is -1.49. The number of hydrogen-bond acceptors (Lipinski definition) is 3. The molecule has 88 valence electrons. The third kappa shape index (κ3) is 2.15. The number of benzene rings is 1. The number of nitrogens with zero attached hydrogens (tertiary/aromatic N) is 3. The van der Waals surface area contributed by atoms with Crippen molar-refractivity contribution in [3.63, 3.8) is 0 Å². The SMILES string of the molecule is CC(=O)c1nnn(-c2cc(C)ccc2Br)c1C. The lowest BCUT2D eigenvalue weighted by molar-refractivity contribution is 0.101. The van der Waals surface area contributed by atoms with Crippen LogP contribution in [0.4, 0.5) is 0 Å². The normalized spacial score (nSPS) is 10.6. The highest BCUT2D eigenvalue weighted by atomic mass is 79.9. The zero-order valence-corrected chi connectivity index (χ0v) is 11.4. The van der Waals surface area contributed by atoms with Crippen LogP contribution in [0.25, 0.3) is 5.69 Å². The number of carbonyl (C=O) groups is 1. The van der Waals surface area contributed by atoms with Crippen molar-refractivity contribution in [2.45, 2.75) is 20.8 Å². The molecular formula is C12H12BrN3O. The standard InChI is InChI=1S/C12H12BrN3O/c1-7-4-5-10(13)11(6-7)16-8(2)12(9(3)17)14-15-16/h4-6H,1-3H3. The third-order valence-electron chi connectivity index (χ3n) is 2.56. The summed E-state index contributed by atoms with van der Waals surface area (Å²) in [5.74, 6) is -0.0717. The number of ketones is 1.